The molecule has 2 aromatic rings. The number of methoxy groups -OCH3 is 1. The molecule has 0 heterocycles. The Morgan fingerprint density at radius 1 is 1.18 bits per heavy atom. The SMILES string of the molecule is COc1ccccc1C(=O)NCc1ccc(NC(=O)C(C)C(F)(F)F)cc1N. The van der Waals surface area contributed by atoms with Gasteiger partial charge >= 0.3 is 6.18 Å². The minimum Gasteiger partial charge on any atom is -0.496 e. The van der Waals surface area contributed by atoms with E-state index >= 15 is 0 Å². The van der Waals surface area contributed by atoms with Crippen molar-refractivity contribution < 1.29 is 27.5 Å². The summed E-state index contributed by atoms with van der Waals surface area (Å²) < 4.78 is 42.9. The molecular formula is C19H20F3N3O3. The molecule has 4 N–H and O–H groups in total. The van der Waals surface area contributed by atoms with Crippen LogP contribution in [0.15, 0.2) is 42.5 Å². The van der Waals surface area contributed by atoms with Gasteiger partial charge in [0.2, 0.25) is 5.91 Å². The summed E-state index contributed by atoms with van der Waals surface area (Å²) in [6.07, 6.45) is -4.63. The van der Waals surface area contributed by atoms with Gasteiger partial charge in [-0.1, -0.05) is 18.2 Å². The van der Waals surface area contributed by atoms with Gasteiger partial charge in [0.25, 0.3) is 5.91 Å². The van der Waals surface area contributed by atoms with Gasteiger partial charge < -0.3 is 21.1 Å². The number of hydrogen-bond donors (Lipinski definition) is 3. The van der Waals surface area contributed by atoms with Crippen molar-refractivity contribution in [2.75, 3.05) is 18.2 Å². The number of carbonyl (C=O) groups is 2. The Balaban J connectivity index is 2.03. The minimum absolute atomic E-state index is 0.0932. The third kappa shape index (κ3) is 5.15. The van der Waals surface area contributed by atoms with Gasteiger partial charge in [-0.25, -0.2) is 0 Å². The van der Waals surface area contributed by atoms with E-state index in [1.165, 1.54) is 25.3 Å². The number of halogens is 3. The number of para-hydroxylation sites is 1. The number of anilines is 2. The van der Waals surface area contributed by atoms with Crippen molar-refractivity contribution in [1.82, 2.24) is 5.32 Å². The number of nitrogen functional groups attached to an aromatic ring is 1. The number of alkyl halides is 3. The first-order valence-corrected chi connectivity index (χ1v) is 8.30. The molecule has 0 saturated carbocycles. The number of benzene rings is 2. The highest BCUT2D eigenvalue weighted by molar-refractivity contribution is 5.97. The molecule has 0 aliphatic rings. The Hall–Kier alpha value is -3.23. The third-order valence-electron chi connectivity index (χ3n) is 4.09. The zero-order valence-electron chi connectivity index (χ0n) is 15.3. The quantitative estimate of drug-likeness (QED) is 0.654. The van der Waals surface area contributed by atoms with E-state index < -0.39 is 18.0 Å². The van der Waals surface area contributed by atoms with Gasteiger partial charge in [0.05, 0.1) is 12.7 Å². The first-order valence-electron chi connectivity index (χ1n) is 8.30. The van der Waals surface area contributed by atoms with E-state index in [4.69, 9.17) is 10.5 Å². The molecule has 28 heavy (non-hydrogen) atoms. The predicted molar refractivity (Wildman–Crippen MR) is 98.9 cm³/mol. The molecule has 6 nitrogen and oxygen atoms in total. The number of amides is 2. The Morgan fingerprint density at radius 3 is 2.46 bits per heavy atom. The molecule has 0 bridgehead atoms. The lowest BCUT2D eigenvalue weighted by Crippen LogP contribution is -2.32. The normalized spacial score (nSPS) is 12.2. The van der Waals surface area contributed by atoms with Gasteiger partial charge in [-0.3, -0.25) is 9.59 Å². The second kappa shape index (κ2) is 8.64. The fourth-order valence-electron chi connectivity index (χ4n) is 2.34. The summed E-state index contributed by atoms with van der Waals surface area (Å²) in [5, 5.41) is 4.87. The second-order valence-electron chi connectivity index (χ2n) is 6.05. The lowest BCUT2D eigenvalue weighted by molar-refractivity contribution is -0.175. The summed E-state index contributed by atoms with van der Waals surface area (Å²) in [4.78, 5) is 23.9. The average Bonchev–Trinajstić information content (AvgIpc) is 2.65. The summed E-state index contributed by atoms with van der Waals surface area (Å²) in [5.41, 5.74) is 7.15. The zero-order chi connectivity index (χ0) is 20.9. The van der Waals surface area contributed by atoms with Crippen LogP contribution >= 0.6 is 0 Å². The standard InChI is InChI=1S/C19H20F3N3O3/c1-11(19(20,21)22)17(26)25-13-8-7-12(15(23)9-13)10-24-18(27)14-5-3-4-6-16(14)28-2/h3-9,11H,10,23H2,1-2H3,(H,24,27)(H,25,26). The molecule has 0 aliphatic heterocycles. The molecule has 0 saturated heterocycles. The first kappa shape index (κ1) is 21.1. The molecule has 0 fully saturated rings. The molecule has 0 aliphatic carbocycles. The van der Waals surface area contributed by atoms with Crippen molar-refractivity contribution in [2.24, 2.45) is 5.92 Å². The summed E-state index contributed by atoms with van der Waals surface area (Å²) in [6.45, 7) is 0.871. The lowest BCUT2D eigenvalue weighted by Gasteiger charge is -2.16. The highest BCUT2D eigenvalue weighted by Gasteiger charge is 2.41. The van der Waals surface area contributed by atoms with Crippen LogP contribution in [0.3, 0.4) is 0 Å². The van der Waals surface area contributed by atoms with Gasteiger partial charge in [-0.05, 0) is 36.8 Å². The number of ether oxygens (including phenoxy) is 1. The van der Waals surface area contributed by atoms with Gasteiger partial charge in [-0.15, -0.1) is 0 Å². The molecule has 2 aromatic carbocycles. The summed E-state index contributed by atoms with van der Waals surface area (Å²) in [5.74, 6) is -3.27. The van der Waals surface area contributed by atoms with Crippen LogP contribution in [-0.4, -0.2) is 25.1 Å². The van der Waals surface area contributed by atoms with Crippen LogP contribution in [0.4, 0.5) is 24.5 Å². The topological polar surface area (TPSA) is 93.5 Å². The zero-order valence-corrected chi connectivity index (χ0v) is 15.3. The van der Waals surface area contributed by atoms with Crippen LogP contribution in [0, 0.1) is 5.92 Å². The van der Waals surface area contributed by atoms with E-state index in [-0.39, 0.29) is 23.8 Å². The summed E-state index contributed by atoms with van der Waals surface area (Å²) >= 11 is 0. The van der Waals surface area contributed by atoms with E-state index in [2.05, 4.69) is 10.6 Å². The number of nitrogens with one attached hydrogen (secondary N) is 2. The van der Waals surface area contributed by atoms with Gasteiger partial charge in [0.1, 0.15) is 11.7 Å². The Labute approximate surface area is 159 Å². The van der Waals surface area contributed by atoms with Crippen molar-refractivity contribution in [3.05, 3.63) is 53.6 Å². The van der Waals surface area contributed by atoms with Crippen LogP contribution in [0.5, 0.6) is 5.75 Å². The van der Waals surface area contributed by atoms with Crippen LogP contribution in [0.2, 0.25) is 0 Å². The fraction of sp³-hybridized carbons (Fsp3) is 0.263. The van der Waals surface area contributed by atoms with Crippen LogP contribution in [0.1, 0.15) is 22.8 Å². The van der Waals surface area contributed by atoms with Gasteiger partial charge in [-0.2, -0.15) is 13.2 Å². The van der Waals surface area contributed by atoms with E-state index in [9.17, 15) is 22.8 Å². The third-order valence-corrected chi connectivity index (χ3v) is 4.09. The lowest BCUT2D eigenvalue weighted by atomic mass is 10.1. The average molecular weight is 395 g/mol. The molecule has 2 amide bonds. The smallest absolute Gasteiger partial charge is 0.400 e. The Kier molecular flexibility index (Phi) is 6.50. The van der Waals surface area contributed by atoms with Crippen LogP contribution < -0.4 is 21.1 Å². The van der Waals surface area contributed by atoms with Crippen molar-refractivity contribution >= 4 is 23.2 Å². The highest BCUT2D eigenvalue weighted by atomic mass is 19.4. The van der Waals surface area contributed by atoms with Crippen molar-refractivity contribution in [2.45, 2.75) is 19.6 Å². The maximum Gasteiger partial charge on any atom is 0.400 e. The molecular weight excluding hydrogens is 375 g/mol. The molecule has 0 spiro atoms. The molecule has 2 rings (SSSR count). The summed E-state index contributed by atoms with van der Waals surface area (Å²) in [7, 11) is 1.46. The first-order chi connectivity index (χ1) is 13.1. The van der Waals surface area contributed by atoms with Gasteiger partial charge in [0, 0.05) is 17.9 Å². The predicted octanol–water partition coefficient (Wildman–Crippen LogP) is 3.34. The Bertz CT molecular complexity index is 869. The Morgan fingerprint density at radius 2 is 1.86 bits per heavy atom. The van der Waals surface area contributed by atoms with E-state index in [0.29, 0.717) is 16.9 Å². The summed E-state index contributed by atoms with van der Waals surface area (Å²) in [6, 6.07) is 11.0. The molecule has 1 atom stereocenters. The highest BCUT2D eigenvalue weighted by Crippen LogP contribution is 2.27. The molecule has 9 heteroatoms. The number of carbonyl (C=O) groups excluding carboxylic acids is 2. The molecule has 1 unspecified atom stereocenters. The fourth-order valence-corrected chi connectivity index (χ4v) is 2.34. The monoisotopic (exact) mass is 395 g/mol. The van der Waals surface area contributed by atoms with E-state index in [1.807, 2.05) is 0 Å². The molecule has 0 radical (unpaired) electrons. The van der Waals surface area contributed by atoms with Crippen LogP contribution in [-0.2, 0) is 11.3 Å². The number of rotatable bonds is 6. The second-order valence-corrected chi connectivity index (χ2v) is 6.05. The molecule has 0 aromatic heterocycles. The van der Waals surface area contributed by atoms with E-state index in [1.54, 1.807) is 24.3 Å². The van der Waals surface area contributed by atoms with Crippen LogP contribution in [0.25, 0.3) is 0 Å². The van der Waals surface area contributed by atoms with Crippen molar-refractivity contribution in [1.29, 1.82) is 0 Å². The largest absolute Gasteiger partial charge is 0.496 e. The van der Waals surface area contributed by atoms with E-state index in [0.717, 1.165) is 6.92 Å². The number of nitrogens with two attached hydrogens (primary N) is 1. The maximum absolute atomic E-state index is 12.6. The van der Waals surface area contributed by atoms with Gasteiger partial charge in [0.15, 0.2) is 0 Å². The van der Waals surface area contributed by atoms with Crippen molar-refractivity contribution in [3.8, 4) is 5.75 Å². The molecule has 150 valence electrons. The number of hydrogen-bond acceptors (Lipinski definition) is 4. The van der Waals surface area contributed by atoms with Crippen molar-refractivity contribution in [3.63, 3.8) is 0 Å². The maximum atomic E-state index is 12.6. The minimum atomic E-state index is -4.63.